The van der Waals surface area contributed by atoms with E-state index in [-0.39, 0.29) is 23.5 Å². The molecule has 0 aromatic heterocycles. The van der Waals surface area contributed by atoms with Gasteiger partial charge in [-0.3, -0.25) is 14.4 Å². The van der Waals surface area contributed by atoms with E-state index < -0.39 is 36.0 Å². The maximum atomic E-state index is 13.1. The zero-order chi connectivity index (χ0) is 21.7. The predicted octanol–water partition coefficient (Wildman–Crippen LogP) is -0.159. The Kier molecular flexibility index (Phi) is 8.33. The monoisotopic (exact) mass is 428 g/mol. The number of carbonyl (C=O) groups excluding carboxylic acids is 3. The molecule has 0 aromatic rings. The molecule has 2 aliphatic heterocycles. The summed E-state index contributed by atoms with van der Waals surface area (Å²) in [5.74, 6) is -2.12. The molecule has 2 fully saturated rings. The van der Waals surface area contributed by atoms with E-state index in [1.807, 2.05) is 13.8 Å². The lowest BCUT2D eigenvalue weighted by molar-refractivity contribution is -0.150. The molecule has 5 atom stereocenters. The van der Waals surface area contributed by atoms with Gasteiger partial charge in [0, 0.05) is 18.8 Å². The van der Waals surface area contributed by atoms with Crippen LogP contribution in [-0.4, -0.2) is 81.6 Å². The third kappa shape index (κ3) is 5.22. The molecule has 2 heterocycles. The van der Waals surface area contributed by atoms with Crippen molar-refractivity contribution >= 4 is 36.3 Å². The van der Waals surface area contributed by atoms with E-state index in [2.05, 4.69) is 17.9 Å². The molecule has 5 unspecified atom stereocenters. The topological polar surface area (TPSA) is 133 Å². The van der Waals surface area contributed by atoms with Crippen molar-refractivity contribution in [2.75, 3.05) is 18.8 Å². The van der Waals surface area contributed by atoms with Crippen LogP contribution in [0.3, 0.4) is 0 Å². The molecule has 2 rings (SSSR count). The number of carbonyl (C=O) groups is 4. The lowest BCUT2D eigenvalue weighted by Gasteiger charge is -2.32. The van der Waals surface area contributed by atoms with Crippen molar-refractivity contribution in [1.29, 1.82) is 0 Å². The Morgan fingerprint density at radius 3 is 2.17 bits per heavy atom. The fraction of sp³-hybridized carbons (Fsp3) is 0.789. The van der Waals surface area contributed by atoms with Gasteiger partial charge < -0.3 is 26.0 Å². The number of hydrogen-bond donors (Lipinski definition) is 4. The second kappa shape index (κ2) is 10.3. The summed E-state index contributed by atoms with van der Waals surface area (Å²) in [6.45, 7) is 4.56. The highest BCUT2D eigenvalue weighted by Crippen LogP contribution is 2.23. The van der Waals surface area contributed by atoms with Gasteiger partial charge in [-0.2, -0.15) is 12.6 Å². The first-order chi connectivity index (χ1) is 13.7. The minimum Gasteiger partial charge on any atom is -0.480 e. The Bertz CT molecular complexity index is 646. The molecule has 0 radical (unpaired) electrons. The maximum Gasteiger partial charge on any atom is 0.326 e. The van der Waals surface area contributed by atoms with E-state index in [0.29, 0.717) is 45.2 Å². The third-order valence-electron chi connectivity index (χ3n) is 5.95. The summed E-state index contributed by atoms with van der Waals surface area (Å²) >= 11 is 4.05. The first-order valence-electron chi connectivity index (χ1n) is 10.2. The zero-order valence-electron chi connectivity index (χ0n) is 17.0. The number of likely N-dealkylation sites (tertiary alicyclic amines) is 2. The molecule has 164 valence electrons. The van der Waals surface area contributed by atoms with E-state index in [1.54, 1.807) is 0 Å². The number of rotatable bonds is 8. The highest BCUT2D eigenvalue weighted by atomic mass is 32.1. The molecule has 0 aromatic carbocycles. The fourth-order valence-corrected chi connectivity index (χ4v) is 4.15. The van der Waals surface area contributed by atoms with Crippen molar-refractivity contribution < 1.29 is 24.3 Å². The Balaban J connectivity index is 2.15. The fourth-order valence-electron chi connectivity index (χ4n) is 3.99. The molecule has 4 N–H and O–H groups in total. The van der Waals surface area contributed by atoms with Gasteiger partial charge in [0.05, 0.1) is 6.04 Å². The molecule has 10 heteroatoms. The van der Waals surface area contributed by atoms with Gasteiger partial charge in [-0.1, -0.05) is 20.3 Å². The Morgan fingerprint density at radius 2 is 1.66 bits per heavy atom. The van der Waals surface area contributed by atoms with E-state index in [0.717, 1.165) is 0 Å². The summed E-state index contributed by atoms with van der Waals surface area (Å²) < 4.78 is 0. The number of nitrogens with zero attached hydrogens (tertiary/aromatic N) is 2. The van der Waals surface area contributed by atoms with Crippen molar-refractivity contribution in [2.24, 2.45) is 11.7 Å². The maximum absolute atomic E-state index is 13.1. The second-order valence-corrected chi connectivity index (χ2v) is 8.24. The molecule has 0 spiro atoms. The van der Waals surface area contributed by atoms with Gasteiger partial charge in [-0.15, -0.1) is 0 Å². The Morgan fingerprint density at radius 1 is 1.10 bits per heavy atom. The average Bonchev–Trinajstić information content (AvgIpc) is 3.39. The van der Waals surface area contributed by atoms with Crippen molar-refractivity contribution in [3.05, 3.63) is 0 Å². The van der Waals surface area contributed by atoms with Crippen LogP contribution in [0.1, 0.15) is 46.0 Å². The van der Waals surface area contributed by atoms with E-state index in [1.165, 1.54) is 9.80 Å². The summed E-state index contributed by atoms with van der Waals surface area (Å²) in [5.41, 5.74) is 5.79. The summed E-state index contributed by atoms with van der Waals surface area (Å²) in [5, 5.41) is 12.2. The molecular formula is C19H32N4O5S. The summed E-state index contributed by atoms with van der Waals surface area (Å²) in [6, 6.07) is -3.14. The van der Waals surface area contributed by atoms with Gasteiger partial charge in [-0.05, 0) is 31.6 Å². The number of carboxylic acids is 1. The highest BCUT2D eigenvalue weighted by molar-refractivity contribution is 7.80. The molecule has 0 bridgehead atoms. The van der Waals surface area contributed by atoms with Crippen LogP contribution in [0.2, 0.25) is 0 Å². The van der Waals surface area contributed by atoms with Gasteiger partial charge in [0.15, 0.2) is 0 Å². The van der Waals surface area contributed by atoms with Crippen LogP contribution < -0.4 is 11.1 Å². The van der Waals surface area contributed by atoms with Gasteiger partial charge in [0.25, 0.3) is 0 Å². The number of nitrogens with two attached hydrogens (primary N) is 1. The second-order valence-electron chi connectivity index (χ2n) is 7.88. The van der Waals surface area contributed by atoms with Crippen LogP contribution >= 0.6 is 12.6 Å². The van der Waals surface area contributed by atoms with Gasteiger partial charge in [0.1, 0.15) is 18.1 Å². The molecule has 2 aliphatic rings. The van der Waals surface area contributed by atoms with E-state index >= 15 is 0 Å². The van der Waals surface area contributed by atoms with Crippen molar-refractivity contribution in [2.45, 2.75) is 70.1 Å². The van der Waals surface area contributed by atoms with Gasteiger partial charge >= 0.3 is 5.97 Å². The van der Waals surface area contributed by atoms with Crippen LogP contribution in [0.4, 0.5) is 0 Å². The van der Waals surface area contributed by atoms with Crippen LogP contribution in [-0.2, 0) is 19.2 Å². The number of hydrogen-bond acceptors (Lipinski definition) is 6. The first-order valence-corrected chi connectivity index (χ1v) is 10.9. The first kappa shape index (κ1) is 23.5. The van der Waals surface area contributed by atoms with E-state index in [9.17, 15) is 24.3 Å². The predicted molar refractivity (Wildman–Crippen MR) is 110 cm³/mol. The lowest BCUT2D eigenvalue weighted by atomic mass is 9.96. The van der Waals surface area contributed by atoms with Gasteiger partial charge in [-0.25, -0.2) is 4.79 Å². The number of nitrogens with one attached hydrogen (secondary N) is 1. The third-order valence-corrected chi connectivity index (χ3v) is 6.34. The minimum atomic E-state index is -1.03. The normalized spacial score (nSPS) is 24.8. The molecule has 9 nitrogen and oxygen atoms in total. The average molecular weight is 429 g/mol. The molecule has 0 saturated carbocycles. The van der Waals surface area contributed by atoms with Crippen LogP contribution in [0, 0.1) is 5.92 Å². The van der Waals surface area contributed by atoms with Crippen LogP contribution in [0.5, 0.6) is 0 Å². The standard InChI is InChI=1S/C19H32N4O5S/c1-3-11(2)15(18(26)23-9-5-7-14(23)19(27)28)21-16(24)13-6-4-8-22(13)17(25)12(20)10-29/h11-15,29H,3-10,20H2,1-2H3,(H,21,24)(H,27,28). The minimum absolute atomic E-state index is 0.174. The number of carboxylic acid groups (broad SMARTS) is 1. The number of amides is 3. The van der Waals surface area contributed by atoms with Gasteiger partial charge in [0.2, 0.25) is 17.7 Å². The molecule has 2 saturated heterocycles. The van der Waals surface area contributed by atoms with E-state index in [4.69, 9.17) is 5.73 Å². The summed E-state index contributed by atoms with van der Waals surface area (Å²) in [6.07, 6.45) is 2.85. The summed E-state index contributed by atoms with van der Waals surface area (Å²) in [7, 11) is 0. The quantitative estimate of drug-likeness (QED) is 0.397. The number of aliphatic carboxylic acids is 1. The molecular weight excluding hydrogens is 396 g/mol. The zero-order valence-corrected chi connectivity index (χ0v) is 17.9. The van der Waals surface area contributed by atoms with Crippen LogP contribution in [0.15, 0.2) is 0 Å². The van der Waals surface area contributed by atoms with Crippen molar-refractivity contribution in [3.63, 3.8) is 0 Å². The highest BCUT2D eigenvalue weighted by Gasteiger charge is 2.41. The smallest absolute Gasteiger partial charge is 0.326 e. The SMILES string of the molecule is CCC(C)C(NC(=O)C1CCCN1C(=O)C(N)CS)C(=O)N1CCCC1C(=O)O. The lowest BCUT2D eigenvalue weighted by Crippen LogP contribution is -2.58. The molecule has 3 amide bonds. The molecule has 0 aliphatic carbocycles. The number of thiol groups is 1. The van der Waals surface area contributed by atoms with Crippen LogP contribution in [0.25, 0.3) is 0 Å². The molecule has 29 heavy (non-hydrogen) atoms. The Hall–Kier alpha value is -1.81. The Labute approximate surface area is 176 Å². The van der Waals surface area contributed by atoms with Crippen molar-refractivity contribution in [3.8, 4) is 0 Å². The largest absolute Gasteiger partial charge is 0.480 e. The summed E-state index contributed by atoms with van der Waals surface area (Å²) in [4.78, 5) is 52.9. The van der Waals surface area contributed by atoms with Crippen molar-refractivity contribution in [1.82, 2.24) is 15.1 Å².